The van der Waals surface area contributed by atoms with Crippen molar-refractivity contribution in [1.29, 1.82) is 5.26 Å². The molecule has 3 nitrogen and oxygen atoms in total. The van der Waals surface area contributed by atoms with E-state index in [1.807, 2.05) is 6.92 Å². The molecule has 0 aliphatic carbocycles. The van der Waals surface area contributed by atoms with Crippen molar-refractivity contribution in [2.75, 3.05) is 13.1 Å². The molecule has 0 unspecified atom stereocenters. The lowest BCUT2D eigenvalue weighted by atomic mass is 9.99. The molecular weight excluding hydrogens is 230 g/mol. The fourth-order valence-corrected chi connectivity index (χ4v) is 3.25. The summed E-state index contributed by atoms with van der Waals surface area (Å²) in [5, 5.41) is 9.89. The minimum Gasteiger partial charge on any atom is -0.297 e. The second-order valence-electron chi connectivity index (χ2n) is 4.91. The average molecular weight is 249 g/mol. The lowest BCUT2D eigenvalue weighted by molar-refractivity contribution is 0.185. The molecule has 1 aliphatic rings. The first kappa shape index (κ1) is 12.5. The number of nitriles is 1. The number of piperidine rings is 1. The average Bonchev–Trinajstić information content (AvgIpc) is 2.63. The Balaban J connectivity index is 1.95. The smallest absolute Gasteiger partial charge is 0.107 e. The molecular formula is C13H19N3S. The predicted octanol–water partition coefficient (Wildman–Crippen LogP) is 2.75. The van der Waals surface area contributed by atoms with E-state index in [0.29, 0.717) is 6.42 Å². The lowest BCUT2D eigenvalue weighted by Gasteiger charge is -2.29. The summed E-state index contributed by atoms with van der Waals surface area (Å²) in [6.45, 7) is 7.67. The van der Waals surface area contributed by atoms with Gasteiger partial charge in [0.15, 0.2) is 0 Å². The van der Waals surface area contributed by atoms with Crippen LogP contribution in [0.1, 0.15) is 35.3 Å². The third-order valence-electron chi connectivity index (χ3n) is 3.41. The van der Waals surface area contributed by atoms with Gasteiger partial charge in [-0.25, -0.2) is 4.98 Å². The van der Waals surface area contributed by atoms with E-state index in [1.165, 1.54) is 30.9 Å². The lowest BCUT2D eigenvalue weighted by Crippen LogP contribution is -2.32. The van der Waals surface area contributed by atoms with Crippen LogP contribution >= 0.6 is 11.3 Å². The van der Waals surface area contributed by atoms with E-state index in [4.69, 9.17) is 5.26 Å². The van der Waals surface area contributed by atoms with Crippen molar-refractivity contribution >= 4 is 11.3 Å². The number of rotatable bonds is 3. The van der Waals surface area contributed by atoms with Gasteiger partial charge in [0, 0.05) is 4.88 Å². The van der Waals surface area contributed by atoms with Gasteiger partial charge >= 0.3 is 0 Å². The fourth-order valence-electron chi connectivity index (χ4n) is 2.20. The monoisotopic (exact) mass is 249 g/mol. The van der Waals surface area contributed by atoms with Gasteiger partial charge in [-0.1, -0.05) is 6.92 Å². The minimum atomic E-state index is 0.501. The van der Waals surface area contributed by atoms with Crippen LogP contribution in [0.15, 0.2) is 0 Å². The zero-order valence-corrected chi connectivity index (χ0v) is 11.4. The molecule has 1 aromatic heterocycles. The Morgan fingerprint density at radius 2 is 2.18 bits per heavy atom. The van der Waals surface area contributed by atoms with Crippen LogP contribution in [0.25, 0.3) is 0 Å². The molecule has 0 radical (unpaired) electrons. The molecule has 4 heteroatoms. The van der Waals surface area contributed by atoms with Crippen LogP contribution in [-0.2, 0) is 13.0 Å². The summed E-state index contributed by atoms with van der Waals surface area (Å²) in [6.07, 6.45) is 3.10. The SMILES string of the molecule is Cc1nc(CN2CCC(C)CC2)sc1CC#N. The van der Waals surface area contributed by atoms with Crippen molar-refractivity contribution in [2.24, 2.45) is 5.92 Å². The largest absolute Gasteiger partial charge is 0.297 e. The van der Waals surface area contributed by atoms with Crippen LogP contribution in [0.3, 0.4) is 0 Å². The Morgan fingerprint density at radius 3 is 2.82 bits per heavy atom. The molecule has 0 aromatic carbocycles. The molecule has 0 bridgehead atoms. The van der Waals surface area contributed by atoms with Crippen molar-refractivity contribution in [2.45, 2.75) is 39.7 Å². The Labute approximate surface area is 107 Å². The molecule has 1 aliphatic heterocycles. The summed E-state index contributed by atoms with van der Waals surface area (Å²) < 4.78 is 0. The molecule has 0 spiro atoms. The molecule has 17 heavy (non-hydrogen) atoms. The summed E-state index contributed by atoms with van der Waals surface area (Å²) in [6, 6.07) is 2.20. The van der Waals surface area contributed by atoms with Crippen LogP contribution in [0.5, 0.6) is 0 Å². The Hall–Kier alpha value is -0.920. The van der Waals surface area contributed by atoms with Gasteiger partial charge in [0.25, 0.3) is 0 Å². The molecule has 0 amide bonds. The van der Waals surface area contributed by atoms with Gasteiger partial charge in [-0.2, -0.15) is 5.26 Å². The van der Waals surface area contributed by atoms with Crippen LogP contribution in [-0.4, -0.2) is 23.0 Å². The van der Waals surface area contributed by atoms with Gasteiger partial charge in [0.05, 0.1) is 24.7 Å². The van der Waals surface area contributed by atoms with Gasteiger partial charge in [-0.05, 0) is 38.8 Å². The maximum Gasteiger partial charge on any atom is 0.107 e. The molecule has 1 aromatic rings. The highest BCUT2D eigenvalue weighted by atomic mass is 32.1. The molecule has 0 saturated carbocycles. The van der Waals surface area contributed by atoms with E-state index in [1.54, 1.807) is 11.3 Å². The molecule has 2 rings (SSSR count). The zero-order chi connectivity index (χ0) is 12.3. The molecule has 92 valence electrons. The van der Waals surface area contributed by atoms with Crippen molar-refractivity contribution in [3.8, 4) is 6.07 Å². The minimum absolute atomic E-state index is 0.501. The summed E-state index contributed by atoms with van der Waals surface area (Å²) in [5.74, 6) is 0.874. The molecule has 1 fully saturated rings. The van der Waals surface area contributed by atoms with Crippen molar-refractivity contribution in [3.63, 3.8) is 0 Å². The number of likely N-dealkylation sites (tertiary alicyclic amines) is 1. The van der Waals surface area contributed by atoms with Gasteiger partial charge in [-0.3, -0.25) is 4.90 Å². The second-order valence-corrected chi connectivity index (χ2v) is 6.08. The van der Waals surface area contributed by atoms with Gasteiger partial charge in [0.1, 0.15) is 5.01 Å². The van der Waals surface area contributed by atoms with Gasteiger partial charge in [0.2, 0.25) is 0 Å². The Kier molecular flexibility index (Phi) is 4.14. The highest BCUT2D eigenvalue weighted by molar-refractivity contribution is 7.11. The zero-order valence-electron chi connectivity index (χ0n) is 10.6. The van der Waals surface area contributed by atoms with Crippen molar-refractivity contribution in [1.82, 2.24) is 9.88 Å². The molecule has 1 saturated heterocycles. The fraction of sp³-hybridized carbons (Fsp3) is 0.692. The summed E-state index contributed by atoms with van der Waals surface area (Å²) in [5.41, 5.74) is 1.04. The van der Waals surface area contributed by atoms with E-state index < -0.39 is 0 Å². The highest BCUT2D eigenvalue weighted by Gasteiger charge is 2.17. The summed E-state index contributed by atoms with van der Waals surface area (Å²) in [4.78, 5) is 8.18. The Morgan fingerprint density at radius 1 is 1.47 bits per heavy atom. The van der Waals surface area contributed by atoms with E-state index >= 15 is 0 Å². The standard InChI is InChI=1S/C13H19N3S/c1-10-4-7-16(8-5-10)9-13-15-11(2)12(17-13)3-6-14/h10H,3-5,7-9H2,1-2H3. The quantitative estimate of drug-likeness (QED) is 0.827. The first-order valence-electron chi connectivity index (χ1n) is 6.23. The first-order valence-corrected chi connectivity index (χ1v) is 7.05. The number of hydrogen-bond donors (Lipinski definition) is 0. The summed E-state index contributed by atoms with van der Waals surface area (Å²) >= 11 is 1.70. The van der Waals surface area contributed by atoms with E-state index in [2.05, 4.69) is 22.9 Å². The third kappa shape index (κ3) is 3.27. The highest BCUT2D eigenvalue weighted by Crippen LogP contribution is 2.22. The van der Waals surface area contributed by atoms with Crippen molar-refractivity contribution < 1.29 is 0 Å². The number of hydrogen-bond acceptors (Lipinski definition) is 4. The van der Waals surface area contributed by atoms with Crippen LogP contribution in [0, 0.1) is 24.2 Å². The number of aryl methyl sites for hydroxylation is 1. The maximum absolute atomic E-state index is 8.72. The normalized spacial score (nSPS) is 18.2. The summed E-state index contributed by atoms with van der Waals surface area (Å²) in [7, 11) is 0. The topological polar surface area (TPSA) is 39.9 Å². The molecule has 2 heterocycles. The van der Waals surface area contributed by atoms with Crippen LogP contribution in [0.4, 0.5) is 0 Å². The van der Waals surface area contributed by atoms with E-state index in [9.17, 15) is 0 Å². The molecule has 0 atom stereocenters. The number of nitrogens with zero attached hydrogens (tertiary/aromatic N) is 3. The second kappa shape index (κ2) is 5.61. The first-order chi connectivity index (χ1) is 8.19. The molecule has 0 N–H and O–H groups in total. The van der Waals surface area contributed by atoms with Gasteiger partial charge in [-0.15, -0.1) is 11.3 Å². The number of thiazole rings is 1. The Bertz CT molecular complexity index is 411. The van der Waals surface area contributed by atoms with Gasteiger partial charge < -0.3 is 0 Å². The van der Waals surface area contributed by atoms with Crippen molar-refractivity contribution in [3.05, 3.63) is 15.6 Å². The maximum atomic E-state index is 8.72. The third-order valence-corrected chi connectivity index (χ3v) is 4.55. The van der Waals surface area contributed by atoms with E-state index in [-0.39, 0.29) is 0 Å². The van der Waals surface area contributed by atoms with Crippen LogP contribution < -0.4 is 0 Å². The predicted molar refractivity (Wildman–Crippen MR) is 69.8 cm³/mol. The van der Waals surface area contributed by atoms with Crippen LogP contribution in [0.2, 0.25) is 0 Å². The number of aromatic nitrogens is 1. The van der Waals surface area contributed by atoms with E-state index in [0.717, 1.165) is 23.0 Å².